The highest BCUT2D eigenvalue weighted by Gasteiger charge is 2.35. The molecule has 1 aromatic rings. The van der Waals surface area contributed by atoms with Crippen LogP contribution in [0.25, 0.3) is 0 Å². The maximum atomic E-state index is 12.5. The molecule has 1 aromatic carbocycles. The average molecular weight is 426 g/mol. The fourth-order valence-electron chi connectivity index (χ4n) is 3.43. The molecule has 3 aliphatic heterocycles. The second-order valence-corrected chi connectivity index (χ2v) is 7.21. The fraction of sp³-hybridized carbons (Fsp3) is 0.421. The van der Waals surface area contributed by atoms with E-state index < -0.39 is 11.9 Å². The Morgan fingerprint density at radius 3 is 2.24 bits per heavy atom. The van der Waals surface area contributed by atoms with Gasteiger partial charge in [0.25, 0.3) is 5.91 Å². The topological polar surface area (TPSA) is 142 Å². The molecule has 3 aliphatic rings. The number of nitrogens with two attached hydrogens (primary N) is 1. The van der Waals surface area contributed by atoms with Crippen LogP contribution in [0.4, 0.5) is 5.69 Å². The number of nitrogens with zero attached hydrogens (tertiary/aromatic N) is 1. The van der Waals surface area contributed by atoms with Gasteiger partial charge in [-0.05, 0) is 37.9 Å². The Kier molecular flexibility index (Phi) is 7.86. The largest absolute Gasteiger partial charge is 0.496 e. The molecule has 5 N–H and O–H groups in total. The van der Waals surface area contributed by atoms with E-state index in [1.54, 1.807) is 12.1 Å². The number of hydrogen-bond acceptors (Lipinski definition) is 6. The van der Waals surface area contributed by atoms with Gasteiger partial charge in [-0.2, -0.15) is 0 Å². The fourth-order valence-corrected chi connectivity index (χ4v) is 3.60. The molecule has 1 unspecified atom stereocenters. The van der Waals surface area contributed by atoms with Gasteiger partial charge in [-0.3, -0.25) is 4.79 Å². The number of aliphatic carboxylic acids is 2. The maximum absolute atomic E-state index is 12.5. The van der Waals surface area contributed by atoms with Crippen LogP contribution < -0.4 is 15.8 Å². The molecule has 9 nitrogen and oxygen atoms in total. The zero-order valence-corrected chi connectivity index (χ0v) is 16.7. The van der Waals surface area contributed by atoms with Crippen molar-refractivity contribution in [3.8, 4) is 5.75 Å². The summed E-state index contributed by atoms with van der Waals surface area (Å²) in [6.45, 7) is 3.23. The van der Waals surface area contributed by atoms with Gasteiger partial charge in [0.05, 0.1) is 23.4 Å². The summed E-state index contributed by atoms with van der Waals surface area (Å²) in [6.07, 6.45) is 3.43. The summed E-state index contributed by atoms with van der Waals surface area (Å²) in [6, 6.07) is 3.38. The lowest BCUT2D eigenvalue weighted by Crippen LogP contribution is -2.57. The number of carbonyl (C=O) groups is 3. The first-order valence-electron chi connectivity index (χ1n) is 9.01. The monoisotopic (exact) mass is 425 g/mol. The van der Waals surface area contributed by atoms with Crippen LogP contribution in [0.5, 0.6) is 5.75 Å². The first-order valence-corrected chi connectivity index (χ1v) is 9.39. The van der Waals surface area contributed by atoms with Crippen LogP contribution in [-0.2, 0) is 9.59 Å². The summed E-state index contributed by atoms with van der Waals surface area (Å²) in [5, 5.41) is 19.1. The van der Waals surface area contributed by atoms with Gasteiger partial charge in [0, 0.05) is 30.8 Å². The van der Waals surface area contributed by atoms with Crippen LogP contribution in [0.2, 0.25) is 5.02 Å². The molecule has 0 aromatic heterocycles. The van der Waals surface area contributed by atoms with Crippen molar-refractivity contribution in [2.45, 2.75) is 18.9 Å². The molecular formula is C19H24ClN3O6. The molecule has 158 valence electrons. The van der Waals surface area contributed by atoms with Crippen LogP contribution in [0, 0.1) is 5.92 Å². The smallest absolute Gasteiger partial charge is 0.328 e. The highest BCUT2D eigenvalue weighted by atomic mass is 35.5. The molecule has 3 fully saturated rings. The van der Waals surface area contributed by atoms with Crippen molar-refractivity contribution in [3.05, 3.63) is 34.9 Å². The Balaban J connectivity index is 0.000000321. The van der Waals surface area contributed by atoms with Crippen LogP contribution in [0.3, 0.4) is 0 Å². The van der Waals surface area contributed by atoms with E-state index in [-0.39, 0.29) is 11.9 Å². The second-order valence-electron chi connectivity index (χ2n) is 6.80. The van der Waals surface area contributed by atoms with Gasteiger partial charge in [-0.15, -0.1) is 0 Å². The lowest BCUT2D eigenvalue weighted by atomic mass is 9.84. The average Bonchev–Trinajstić information content (AvgIpc) is 2.69. The molecule has 1 atom stereocenters. The molecule has 3 heterocycles. The van der Waals surface area contributed by atoms with E-state index >= 15 is 0 Å². The molecule has 0 aliphatic carbocycles. The molecule has 0 saturated carbocycles. The quantitative estimate of drug-likeness (QED) is 0.410. The number of fused-ring (bicyclic) bond motifs is 3. The number of methoxy groups -OCH3 is 1. The van der Waals surface area contributed by atoms with Crippen molar-refractivity contribution < 1.29 is 29.3 Å². The second kappa shape index (κ2) is 10.1. The highest BCUT2D eigenvalue weighted by molar-refractivity contribution is 6.33. The van der Waals surface area contributed by atoms with Crippen LogP contribution in [0.15, 0.2) is 24.3 Å². The number of ether oxygens (including phenoxy) is 1. The minimum Gasteiger partial charge on any atom is -0.496 e. The first kappa shape index (κ1) is 22.5. The predicted octanol–water partition coefficient (Wildman–Crippen LogP) is 1.47. The number of anilines is 1. The lowest BCUT2D eigenvalue weighted by Gasteiger charge is -2.44. The number of amides is 1. The van der Waals surface area contributed by atoms with Gasteiger partial charge < -0.3 is 30.9 Å². The molecule has 0 radical (unpaired) electrons. The molecule has 29 heavy (non-hydrogen) atoms. The summed E-state index contributed by atoms with van der Waals surface area (Å²) in [5.41, 5.74) is 6.60. The van der Waals surface area contributed by atoms with Gasteiger partial charge in [-0.1, -0.05) is 11.6 Å². The first-order chi connectivity index (χ1) is 13.7. The molecule has 4 rings (SSSR count). The Morgan fingerprint density at radius 1 is 1.21 bits per heavy atom. The van der Waals surface area contributed by atoms with Gasteiger partial charge in [0.2, 0.25) is 0 Å². The molecule has 0 spiro atoms. The number of piperidine rings is 3. The van der Waals surface area contributed by atoms with E-state index in [1.807, 2.05) is 0 Å². The number of nitrogens with one attached hydrogen (secondary N) is 1. The molecule has 2 bridgehead atoms. The third-order valence-corrected chi connectivity index (χ3v) is 5.23. The summed E-state index contributed by atoms with van der Waals surface area (Å²) in [7, 11) is 1.52. The number of benzene rings is 1. The van der Waals surface area contributed by atoms with Gasteiger partial charge in [0.1, 0.15) is 5.75 Å². The zero-order chi connectivity index (χ0) is 21.6. The van der Waals surface area contributed by atoms with Crippen molar-refractivity contribution in [3.63, 3.8) is 0 Å². The number of nitrogen functional groups attached to an aromatic ring is 1. The van der Waals surface area contributed by atoms with E-state index in [1.165, 1.54) is 7.11 Å². The number of carboxylic acid groups (broad SMARTS) is 2. The number of halogens is 1. The van der Waals surface area contributed by atoms with Gasteiger partial charge >= 0.3 is 11.9 Å². The summed E-state index contributed by atoms with van der Waals surface area (Å²) >= 11 is 6.02. The Bertz CT molecular complexity index is 789. The summed E-state index contributed by atoms with van der Waals surface area (Å²) in [4.78, 5) is 34.0. The number of carbonyl (C=O) groups excluding carboxylic acids is 1. The number of rotatable bonds is 5. The normalized spacial score (nSPS) is 22.5. The van der Waals surface area contributed by atoms with E-state index in [0.717, 1.165) is 32.5 Å². The van der Waals surface area contributed by atoms with Crippen LogP contribution in [-0.4, -0.2) is 65.7 Å². The van der Waals surface area contributed by atoms with Crippen molar-refractivity contribution in [2.75, 3.05) is 32.5 Å². The van der Waals surface area contributed by atoms with Gasteiger partial charge in [-0.25, -0.2) is 9.59 Å². The SMILES string of the molecule is COc1cc(N)c(Cl)cc1C(=O)NC1CN2CCC1CC2.O=C(O)/C=C\C(=O)O. The zero-order valence-electron chi connectivity index (χ0n) is 15.9. The van der Waals surface area contributed by atoms with Gasteiger partial charge in [0.15, 0.2) is 0 Å². The number of carboxylic acids is 2. The van der Waals surface area contributed by atoms with E-state index in [9.17, 15) is 14.4 Å². The molecule has 10 heteroatoms. The summed E-state index contributed by atoms with van der Waals surface area (Å²) in [5.74, 6) is -1.63. The Labute approximate surface area is 173 Å². The van der Waals surface area contributed by atoms with Crippen LogP contribution in [0.1, 0.15) is 23.2 Å². The van der Waals surface area contributed by atoms with Crippen molar-refractivity contribution in [2.24, 2.45) is 5.92 Å². The lowest BCUT2D eigenvalue weighted by molar-refractivity contribution is -0.134. The maximum Gasteiger partial charge on any atom is 0.328 e. The van der Waals surface area contributed by atoms with Crippen molar-refractivity contribution >= 4 is 35.1 Å². The van der Waals surface area contributed by atoms with Crippen molar-refractivity contribution in [1.29, 1.82) is 0 Å². The third-order valence-electron chi connectivity index (χ3n) is 4.90. The third kappa shape index (κ3) is 6.37. The minimum atomic E-state index is -1.26. The van der Waals surface area contributed by atoms with E-state index in [4.69, 9.17) is 32.3 Å². The minimum absolute atomic E-state index is 0.146. The number of hydrogen-bond donors (Lipinski definition) is 4. The standard InChI is InChI=1S/C15H20ClN3O2.C4H4O4/c1-21-14-7-12(17)11(16)6-10(14)15(20)18-13-8-19-4-2-9(13)3-5-19;5-3(6)1-2-4(7)8/h6-7,9,13H,2-5,8,17H2,1H3,(H,18,20);1-2H,(H,5,6)(H,7,8)/b;2-1-. The van der Waals surface area contributed by atoms with Crippen molar-refractivity contribution in [1.82, 2.24) is 10.2 Å². The molecular weight excluding hydrogens is 402 g/mol. The predicted molar refractivity (Wildman–Crippen MR) is 107 cm³/mol. The van der Waals surface area contributed by atoms with E-state index in [0.29, 0.717) is 40.1 Å². The Morgan fingerprint density at radius 2 is 1.79 bits per heavy atom. The molecule has 3 saturated heterocycles. The highest BCUT2D eigenvalue weighted by Crippen LogP contribution is 2.31. The molecule has 1 amide bonds. The Hall–Kier alpha value is -2.78. The van der Waals surface area contributed by atoms with Crippen LogP contribution >= 0.6 is 11.6 Å². The van der Waals surface area contributed by atoms with E-state index in [2.05, 4.69) is 10.2 Å². The summed E-state index contributed by atoms with van der Waals surface area (Å²) < 4.78 is 5.24.